The third-order valence-corrected chi connectivity index (χ3v) is 3.70. The second kappa shape index (κ2) is 5.46. The van der Waals surface area contributed by atoms with Gasteiger partial charge in [-0.2, -0.15) is 0 Å². The molecule has 3 rings (SSSR count). The fraction of sp³-hybridized carbons (Fsp3) is 0.231. The van der Waals surface area contributed by atoms with Gasteiger partial charge in [0.25, 0.3) is 5.22 Å². The zero-order chi connectivity index (χ0) is 13.9. The minimum Gasteiger partial charge on any atom is -0.411 e. The molecule has 3 aromatic heterocycles. The first-order valence-corrected chi connectivity index (χ1v) is 7.01. The van der Waals surface area contributed by atoms with E-state index in [0.717, 1.165) is 22.6 Å². The first-order chi connectivity index (χ1) is 9.74. The average Bonchev–Trinajstić information content (AvgIpc) is 3.06. The molecule has 0 aliphatic heterocycles. The predicted molar refractivity (Wildman–Crippen MR) is 73.1 cm³/mol. The van der Waals surface area contributed by atoms with Gasteiger partial charge >= 0.3 is 0 Å². The van der Waals surface area contributed by atoms with E-state index in [1.54, 1.807) is 12.4 Å². The van der Waals surface area contributed by atoms with Crippen molar-refractivity contribution in [2.75, 3.05) is 0 Å². The molecule has 0 radical (unpaired) electrons. The van der Waals surface area contributed by atoms with Gasteiger partial charge in [0, 0.05) is 29.3 Å². The van der Waals surface area contributed by atoms with Gasteiger partial charge in [0.2, 0.25) is 5.89 Å². The van der Waals surface area contributed by atoms with E-state index < -0.39 is 0 Å². The number of pyridine rings is 1. The predicted octanol–water partition coefficient (Wildman–Crippen LogP) is 3.03. The summed E-state index contributed by atoms with van der Waals surface area (Å²) in [5.41, 5.74) is 2.82. The van der Waals surface area contributed by atoms with Gasteiger partial charge in [-0.1, -0.05) is 16.9 Å². The summed E-state index contributed by atoms with van der Waals surface area (Å²) in [6, 6.07) is 3.66. The molecule has 0 aliphatic carbocycles. The second-order valence-corrected chi connectivity index (χ2v) is 5.13. The molecule has 0 N–H and O–H groups in total. The van der Waals surface area contributed by atoms with Gasteiger partial charge < -0.3 is 8.94 Å². The van der Waals surface area contributed by atoms with Crippen molar-refractivity contribution in [2.45, 2.75) is 24.8 Å². The van der Waals surface area contributed by atoms with E-state index in [4.69, 9.17) is 8.94 Å². The molecule has 3 aromatic rings. The van der Waals surface area contributed by atoms with Crippen LogP contribution in [0.1, 0.15) is 17.0 Å². The van der Waals surface area contributed by atoms with Crippen molar-refractivity contribution in [3.05, 3.63) is 41.5 Å². The summed E-state index contributed by atoms with van der Waals surface area (Å²) in [5, 5.41) is 12.5. The maximum Gasteiger partial charge on any atom is 0.277 e. The summed E-state index contributed by atoms with van der Waals surface area (Å²) in [6.07, 6.45) is 3.38. The maximum absolute atomic E-state index is 5.61. The lowest BCUT2D eigenvalue weighted by atomic mass is 10.2. The highest BCUT2D eigenvalue weighted by molar-refractivity contribution is 7.98. The Bertz CT molecular complexity index is 689. The number of nitrogens with zero attached hydrogens (tertiary/aromatic N) is 4. The molecule has 102 valence electrons. The van der Waals surface area contributed by atoms with E-state index in [0.29, 0.717) is 16.9 Å². The van der Waals surface area contributed by atoms with E-state index in [9.17, 15) is 0 Å². The van der Waals surface area contributed by atoms with E-state index in [1.165, 1.54) is 11.8 Å². The molecular weight excluding hydrogens is 276 g/mol. The number of aryl methyl sites for hydroxylation is 2. The Labute approximate surface area is 119 Å². The molecule has 0 saturated carbocycles. The quantitative estimate of drug-likeness (QED) is 0.683. The topological polar surface area (TPSA) is 77.8 Å². The Balaban J connectivity index is 1.72. The number of rotatable bonds is 4. The molecular formula is C13H12N4O2S. The van der Waals surface area contributed by atoms with Gasteiger partial charge in [0.05, 0.1) is 5.69 Å². The van der Waals surface area contributed by atoms with Gasteiger partial charge in [0.1, 0.15) is 5.76 Å². The number of aromatic nitrogens is 4. The van der Waals surface area contributed by atoms with Crippen LogP contribution in [0.3, 0.4) is 0 Å². The van der Waals surface area contributed by atoms with Crippen molar-refractivity contribution in [3.63, 3.8) is 0 Å². The Kier molecular flexibility index (Phi) is 3.51. The van der Waals surface area contributed by atoms with Gasteiger partial charge in [0.15, 0.2) is 0 Å². The minimum absolute atomic E-state index is 0.494. The highest BCUT2D eigenvalue weighted by Crippen LogP contribution is 2.27. The molecule has 0 saturated heterocycles. The first-order valence-electron chi connectivity index (χ1n) is 6.02. The standard InChI is InChI=1S/C13H12N4O2S/c1-8-11(9(2)19-17-8)7-20-13-16-15-12(18-13)10-3-5-14-6-4-10/h3-6H,7H2,1-2H3. The van der Waals surface area contributed by atoms with Crippen molar-refractivity contribution < 1.29 is 8.94 Å². The molecule has 6 nitrogen and oxygen atoms in total. The molecule has 7 heteroatoms. The summed E-state index contributed by atoms with van der Waals surface area (Å²) in [4.78, 5) is 3.95. The van der Waals surface area contributed by atoms with Crippen molar-refractivity contribution in [1.82, 2.24) is 20.3 Å². The summed E-state index contributed by atoms with van der Waals surface area (Å²) in [5.74, 6) is 2.01. The van der Waals surface area contributed by atoms with Crippen molar-refractivity contribution in [3.8, 4) is 11.5 Å². The lowest BCUT2D eigenvalue weighted by molar-refractivity contribution is 0.392. The Morgan fingerprint density at radius 2 is 1.95 bits per heavy atom. The summed E-state index contributed by atoms with van der Waals surface area (Å²) < 4.78 is 10.7. The number of hydrogen-bond acceptors (Lipinski definition) is 7. The summed E-state index contributed by atoms with van der Waals surface area (Å²) >= 11 is 1.47. The molecule has 0 fully saturated rings. The maximum atomic E-state index is 5.61. The molecule has 0 aromatic carbocycles. The molecule has 0 unspecified atom stereocenters. The first kappa shape index (κ1) is 12.9. The van der Waals surface area contributed by atoms with E-state index in [2.05, 4.69) is 20.3 Å². The van der Waals surface area contributed by atoms with Crippen LogP contribution in [0, 0.1) is 13.8 Å². The van der Waals surface area contributed by atoms with Crippen LogP contribution in [0.4, 0.5) is 0 Å². The molecule has 3 heterocycles. The Morgan fingerprint density at radius 1 is 1.15 bits per heavy atom. The molecule has 0 atom stereocenters. The van der Waals surface area contributed by atoms with Crippen molar-refractivity contribution in [1.29, 1.82) is 0 Å². The average molecular weight is 288 g/mol. The fourth-order valence-electron chi connectivity index (χ4n) is 1.72. The third-order valence-electron chi connectivity index (χ3n) is 2.85. The lowest BCUT2D eigenvalue weighted by Gasteiger charge is -1.96. The molecule has 0 bridgehead atoms. The van der Waals surface area contributed by atoms with Crippen LogP contribution in [-0.4, -0.2) is 20.3 Å². The normalized spacial score (nSPS) is 10.9. The zero-order valence-electron chi connectivity index (χ0n) is 11.0. The SMILES string of the molecule is Cc1noc(C)c1CSc1nnc(-c2ccncc2)o1. The minimum atomic E-state index is 0.494. The molecule has 0 amide bonds. The fourth-order valence-corrected chi connectivity index (χ4v) is 2.64. The van der Waals surface area contributed by atoms with Gasteiger partial charge in [-0.15, -0.1) is 10.2 Å². The Morgan fingerprint density at radius 3 is 2.65 bits per heavy atom. The lowest BCUT2D eigenvalue weighted by Crippen LogP contribution is -1.84. The van der Waals surface area contributed by atoms with Crippen LogP contribution in [0.5, 0.6) is 0 Å². The molecule has 0 aliphatic rings. The Hall–Kier alpha value is -2.15. The third kappa shape index (κ3) is 2.57. The highest BCUT2D eigenvalue weighted by atomic mass is 32.2. The molecule has 20 heavy (non-hydrogen) atoms. The van der Waals surface area contributed by atoms with E-state index in [-0.39, 0.29) is 0 Å². The van der Waals surface area contributed by atoms with E-state index >= 15 is 0 Å². The highest BCUT2D eigenvalue weighted by Gasteiger charge is 2.13. The van der Waals surface area contributed by atoms with Crippen molar-refractivity contribution in [2.24, 2.45) is 0 Å². The van der Waals surface area contributed by atoms with Crippen LogP contribution in [0.25, 0.3) is 11.5 Å². The molecule has 0 spiro atoms. The van der Waals surface area contributed by atoms with Crippen LogP contribution in [0.2, 0.25) is 0 Å². The van der Waals surface area contributed by atoms with Gasteiger partial charge in [-0.3, -0.25) is 4.98 Å². The zero-order valence-corrected chi connectivity index (χ0v) is 11.8. The van der Waals surface area contributed by atoms with Crippen LogP contribution >= 0.6 is 11.8 Å². The van der Waals surface area contributed by atoms with Gasteiger partial charge in [-0.05, 0) is 26.0 Å². The van der Waals surface area contributed by atoms with Crippen LogP contribution in [-0.2, 0) is 5.75 Å². The second-order valence-electron chi connectivity index (χ2n) is 4.20. The smallest absolute Gasteiger partial charge is 0.277 e. The number of hydrogen-bond donors (Lipinski definition) is 0. The summed E-state index contributed by atoms with van der Waals surface area (Å²) in [6.45, 7) is 3.81. The van der Waals surface area contributed by atoms with Crippen molar-refractivity contribution >= 4 is 11.8 Å². The summed E-state index contributed by atoms with van der Waals surface area (Å²) in [7, 11) is 0. The number of thioether (sulfide) groups is 1. The van der Waals surface area contributed by atoms with Gasteiger partial charge in [-0.25, -0.2) is 0 Å². The van der Waals surface area contributed by atoms with Crippen LogP contribution < -0.4 is 0 Å². The van der Waals surface area contributed by atoms with Crippen LogP contribution in [0.15, 0.2) is 38.7 Å². The monoisotopic (exact) mass is 288 g/mol. The van der Waals surface area contributed by atoms with E-state index in [1.807, 2.05) is 26.0 Å². The largest absolute Gasteiger partial charge is 0.411 e.